The maximum Gasteiger partial charge on any atom is 0.573 e. The van der Waals surface area contributed by atoms with E-state index in [-0.39, 0.29) is 17.8 Å². The average molecular weight is 246 g/mol. The number of hydrogen-bond donors (Lipinski definition) is 2. The Balaban J connectivity index is 1.96. The summed E-state index contributed by atoms with van der Waals surface area (Å²) in [5.41, 5.74) is 6.24. The van der Waals surface area contributed by atoms with Gasteiger partial charge in [0.2, 0.25) is 0 Å². The van der Waals surface area contributed by atoms with E-state index in [0.717, 1.165) is 12.8 Å². The van der Waals surface area contributed by atoms with Crippen LogP contribution in [0.4, 0.5) is 18.9 Å². The van der Waals surface area contributed by atoms with Crippen molar-refractivity contribution in [2.45, 2.75) is 31.3 Å². The van der Waals surface area contributed by atoms with E-state index in [1.807, 2.05) is 0 Å². The molecule has 1 fully saturated rings. The summed E-state index contributed by atoms with van der Waals surface area (Å²) in [7, 11) is 0. The lowest BCUT2D eigenvalue weighted by molar-refractivity contribution is -0.274. The fraction of sp³-hybridized carbons (Fsp3) is 0.455. The van der Waals surface area contributed by atoms with Gasteiger partial charge in [-0.1, -0.05) is 6.07 Å². The molecule has 17 heavy (non-hydrogen) atoms. The summed E-state index contributed by atoms with van der Waals surface area (Å²) in [6.45, 7) is 0. The quantitative estimate of drug-likeness (QED) is 0.861. The fourth-order valence-electron chi connectivity index (χ4n) is 1.80. The third-order valence-electron chi connectivity index (χ3n) is 2.61. The predicted octanol–water partition coefficient (Wildman–Crippen LogP) is 2.49. The molecule has 1 aromatic carbocycles. The summed E-state index contributed by atoms with van der Waals surface area (Å²) in [5, 5.41) is 3.11. The van der Waals surface area contributed by atoms with Crippen molar-refractivity contribution in [2.75, 3.05) is 5.32 Å². The zero-order valence-corrected chi connectivity index (χ0v) is 9.00. The standard InChI is InChI=1S/C11H13F3N2O/c12-11(13,14)17-10-3-1-2-8(6-10)16-9-4-7(15)5-9/h1-3,6-7,9,16H,4-5,15H2. The van der Waals surface area contributed by atoms with Gasteiger partial charge in [-0.15, -0.1) is 13.2 Å². The topological polar surface area (TPSA) is 47.3 Å². The summed E-state index contributed by atoms with van der Waals surface area (Å²) in [4.78, 5) is 0. The summed E-state index contributed by atoms with van der Waals surface area (Å²) in [6, 6.07) is 6.26. The van der Waals surface area contributed by atoms with E-state index in [9.17, 15) is 13.2 Å². The zero-order valence-electron chi connectivity index (χ0n) is 9.00. The number of nitrogens with two attached hydrogens (primary N) is 1. The first-order valence-corrected chi connectivity index (χ1v) is 5.30. The number of halogens is 3. The molecule has 0 spiro atoms. The normalized spacial score (nSPS) is 24.0. The Labute approximate surface area is 96.8 Å². The lowest BCUT2D eigenvalue weighted by atomic mass is 9.87. The van der Waals surface area contributed by atoms with Crippen LogP contribution in [0.25, 0.3) is 0 Å². The second-order valence-electron chi connectivity index (χ2n) is 4.15. The number of nitrogens with one attached hydrogen (secondary N) is 1. The van der Waals surface area contributed by atoms with E-state index < -0.39 is 6.36 Å². The van der Waals surface area contributed by atoms with Crippen LogP contribution in [-0.2, 0) is 0 Å². The maximum absolute atomic E-state index is 12.0. The molecule has 0 aliphatic heterocycles. The van der Waals surface area contributed by atoms with Crippen LogP contribution in [0.15, 0.2) is 24.3 Å². The van der Waals surface area contributed by atoms with Crippen molar-refractivity contribution < 1.29 is 17.9 Å². The molecule has 0 amide bonds. The van der Waals surface area contributed by atoms with E-state index in [2.05, 4.69) is 10.1 Å². The molecule has 0 heterocycles. The highest BCUT2D eigenvalue weighted by atomic mass is 19.4. The summed E-state index contributed by atoms with van der Waals surface area (Å²) in [6.07, 6.45) is -2.98. The third-order valence-corrected chi connectivity index (χ3v) is 2.61. The molecular weight excluding hydrogens is 233 g/mol. The SMILES string of the molecule is NC1CC(Nc2cccc(OC(F)(F)F)c2)C1. The van der Waals surface area contributed by atoms with Crippen LogP contribution in [0.2, 0.25) is 0 Å². The van der Waals surface area contributed by atoms with Crippen molar-refractivity contribution in [3.8, 4) is 5.75 Å². The lowest BCUT2D eigenvalue weighted by Crippen LogP contribution is -2.44. The molecule has 1 aromatic rings. The van der Waals surface area contributed by atoms with Crippen LogP contribution in [0, 0.1) is 0 Å². The van der Waals surface area contributed by atoms with Gasteiger partial charge in [0.15, 0.2) is 0 Å². The van der Waals surface area contributed by atoms with E-state index in [4.69, 9.17) is 5.73 Å². The highest BCUT2D eigenvalue weighted by Crippen LogP contribution is 2.27. The Morgan fingerprint density at radius 2 is 2.00 bits per heavy atom. The van der Waals surface area contributed by atoms with Crippen LogP contribution in [0.1, 0.15) is 12.8 Å². The first-order chi connectivity index (χ1) is 7.92. The molecule has 0 unspecified atom stereocenters. The van der Waals surface area contributed by atoms with E-state index in [1.165, 1.54) is 18.2 Å². The van der Waals surface area contributed by atoms with E-state index >= 15 is 0 Å². The van der Waals surface area contributed by atoms with Crippen molar-refractivity contribution in [2.24, 2.45) is 5.73 Å². The van der Waals surface area contributed by atoms with Gasteiger partial charge >= 0.3 is 6.36 Å². The van der Waals surface area contributed by atoms with Crippen LogP contribution in [0.3, 0.4) is 0 Å². The largest absolute Gasteiger partial charge is 0.573 e. The molecule has 1 saturated carbocycles. The van der Waals surface area contributed by atoms with Crippen molar-refractivity contribution >= 4 is 5.69 Å². The van der Waals surface area contributed by atoms with Crippen LogP contribution in [0.5, 0.6) is 5.75 Å². The van der Waals surface area contributed by atoms with Gasteiger partial charge in [0.05, 0.1) is 0 Å². The molecule has 0 atom stereocenters. The van der Waals surface area contributed by atoms with Crippen molar-refractivity contribution in [1.82, 2.24) is 0 Å². The van der Waals surface area contributed by atoms with Crippen LogP contribution < -0.4 is 15.8 Å². The van der Waals surface area contributed by atoms with Gasteiger partial charge in [0.1, 0.15) is 5.75 Å². The summed E-state index contributed by atoms with van der Waals surface area (Å²) in [5.74, 6) is -0.217. The van der Waals surface area contributed by atoms with Gasteiger partial charge in [0, 0.05) is 23.8 Å². The minimum absolute atomic E-state index is 0.196. The molecule has 3 nitrogen and oxygen atoms in total. The molecule has 3 N–H and O–H groups in total. The van der Waals surface area contributed by atoms with E-state index in [0.29, 0.717) is 5.69 Å². The Morgan fingerprint density at radius 3 is 2.59 bits per heavy atom. The number of rotatable bonds is 3. The van der Waals surface area contributed by atoms with E-state index in [1.54, 1.807) is 6.07 Å². The minimum Gasteiger partial charge on any atom is -0.406 e. The first kappa shape index (κ1) is 12.0. The van der Waals surface area contributed by atoms with Crippen molar-refractivity contribution in [1.29, 1.82) is 0 Å². The molecule has 0 aromatic heterocycles. The fourth-order valence-corrected chi connectivity index (χ4v) is 1.80. The zero-order chi connectivity index (χ0) is 12.5. The molecule has 2 rings (SSSR count). The van der Waals surface area contributed by atoms with Gasteiger partial charge in [-0.2, -0.15) is 0 Å². The number of alkyl halides is 3. The Morgan fingerprint density at radius 1 is 1.29 bits per heavy atom. The number of hydrogen-bond acceptors (Lipinski definition) is 3. The molecule has 6 heteroatoms. The number of benzene rings is 1. The first-order valence-electron chi connectivity index (χ1n) is 5.30. The van der Waals surface area contributed by atoms with Crippen molar-refractivity contribution in [3.05, 3.63) is 24.3 Å². The summed E-state index contributed by atoms with van der Waals surface area (Å²) >= 11 is 0. The van der Waals surface area contributed by atoms with Crippen LogP contribution >= 0.6 is 0 Å². The molecule has 0 bridgehead atoms. The third kappa shape index (κ3) is 3.52. The second-order valence-corrected chi connectivity index (χ2v) is 4.15. The number of ether oxygens (including phenoxy) is 1. The molecule has 0 radical (unpaired) electrons. The second kappa shape index (κ2) is 4.44. The van der Waals surface area contributed by atoms with Crippen molar-refractivity contribution in [3.63, 3.8) is 0 Å². The Hall–Kier alpha value is -1.43. The summed E-state index contributed by atoms with van der Waals surface area (Å²) < 4.78 is 39.8. The molecule has 1 aliphatic carbocycles. The Kier molecular flexibility index (Phi) is 3.15. The molecule has 94 valence electrons. The molecule has 1 aliphatic rings. The predicted molar refractivity (Wildman–Crippen MR) is 57.7 cm³/mol. The highest BCUT2D eigenvalue weighted by molar-refractivity contribution is 5.49. The molecule has 0 saturated heterocycles. The van der Waals surface area contributed by atoms with Gasteiger partial charge < -0.3 is 15.8 Å². The lowest BCUT2D eigenvalue weighted by Gasteiger charge is -2.33. The average Bonchev–Trinajstić information content (AvgIpc) is 2.13. The van der Waals surface area contributed by atoms with Gasteiger partial charge in [-0.3, -0.25) is 0 Å². The monoisotopic (exact) mass is 246 g/mol. The Bertz CT molecular complexity index is 389. The van der Waals surface area contributed by atoms with Gasteiger partial charge in [-0.25, -0.2) is 0 Å². The number of anilines is 1. The smallest absolute Gasteiger partial charge is 0.406 e. The highest BCUT2D eigenvalue weighted by Gasteiger charge is 2.31. The minimum atomic E-state index is -4.66. The molecular formula is C11H13F3N2O. The van der Waals surface area contributed by atoms with Gasteiger partial charge in [-0.05, 0) is 25.0 Å². The van der Waals surface area contributed by atoms with Crippen LogP contribution in [-0.4, -0.2) is 18.4 Å². The van der Waals surface area contributed by atoms with Gasteiger partial charge in [0.25, 0.3) is 0 Å². The maximum atomic E-state index is 12.0.